The molecule has 0 spiro atoms. The van der Waals surface area contributed by atoms with E-state index < -0.39 is 0 Å². The van der Waals surface area contributed by atoms with Crippen LogP contribution < -0.4 is 9.47 Å². The van der Waals surface area contributed by atoms with Gasteiger partial charge >= 0.3 is 0 Å². The Bertz CT molecular complexity index is 815. The van der Waals surface area contributed by atoms with Gasteiger partial charge in [-0.05, 0) is 18.2 Å². The number of aromatic nitrogens is 1. The molecule has 0 aliphatic carbocycles. The lowest BCUT2D eigenvalue weighted by Gasteiger charge is -2.13. The molecule has 2 aromatic carbocycles. The number of hydrogen-bond donors (Lipinski definition) is 0. The minimum atomic E-state index is 0.112. The van der Waals surface area contributed by atoms with Crippen molar-refractivity contribution >= 4 is 17.1 Å². The summed E-state index contributed by atoms with van der Waals surface area (Å²) in [7, 11) is 1.60. The minimum Gasteiger partial charge on any atom is -0.493 e. The summed E-state index contributed by atoms with van der Waals surface area (Å²) in [6, 6.07) is 15.0. The topological polar surface area (TPSA) is 48.4 Å². The predicted octanol–water partition coefficient (Wildman–Crippen LogP) is 4.30. The van der Waals surface area contributed by atoms with Crippen LogP contribution in [0.4, 0.5) is 0 Å². The Morgan fingerprint density at radius 2 is 1.71 bits per heavy atom. The van der Waals surface area contributed by atoms with Crippen LogP contribution in [-0.2, 0) is 17.6 Å². The molecule has 0 aliphatic heterocycles. The van der Waals surface area contributed by atoms with Crippen molar-refractivity contribution in [3.05, 3.63) is 70.7 Å². The summed E-state index contributed by atoms with van der Waals surface area (Å²) in [6.07, 6.45) is 2.37. The number of rotatable bonds is 7. The fourth-order valence-corrected chi connectivity index (χ4v) is 3.00. The van der Waals surface area contributed by atoms with E-state index in [0.29, 0.717) is 30.1 Å². The number of benzene rings is 2. The first-order valence-electron chi connectivity index (χ1n) is 7.55. The zero-order chi connectivity index (χ0) is 16.8. The molecule has 3 rings (SSSR count). The van der Waals surface area contributed by atoms with E-state index in [1.54, 1.807) is 13.3 Å². The molecule has 0 bridgehead atoms. The van der Waals surface area contributed by atoms with Crippen molar-refractivity contribution in [3.63, 3.8) is 0 Å². The number of ketones is 1. The summed E-state index contributed by atoms with van der Waals surface area (Å²) in [5.41, 5.74) is 0.852. The van der Waals surface area contributed by atoms with Gasteiger partial charge in [-0.25, -0.2) is 4.98 Å². The number of Topliss-reactive ketones (excluding diaryl/α,β-unsaturated/α-hetero) is 1. The molecule has 5 heteroatoms. The van der Waals surface area contributed by atoms with Crippen LogP contribution in [0, 0.1) is 0 Å². The standard InChI is InChI=1S/C19H17NO3S/c1-22-17-8-4-5-9-18(17)23-16-7-3-2-6-14(16)12-15(21)13-19-20-10-11-24-19/h2-11H,12-13H2,1H3. The lowest BCUT2D eigenvalue weighted by atomic mass is 10.1. The molecule has 1 aromatic heterocycles. The smallest absolute Gasteiger partial charge is 0.169 e. The van der Waals surface area contributed by atoms with Gasteiger partial charge in [-0.2, -0.15) is 0 Å². The van der Waals surface area contributed by atoms with Gasteiger partial charge in [0.15, 0.2) is 11.5 Å². The van der Waals surface area contributed by atoms with E-state index in [1.807, 2.05) is 53.9 Å². The number of carbonyl (C=O) groups is 1. The van der Waals surface area contributed by atoms with Crippen molar-refractivity contribution in [1.82, 2.24) is 4.98 Å². The molecule has 0 unspecified atom stereocenters. The number of thiazole rings is 1. The Kier molecular flexibility index (Phi) is 5.23. The first kappa shape index (κ1) is 16.2. The number of nitrogens with zero attached hydrogens (tertiary/aromatic N) is 1. The third-order valence-corrected chi connectivity index (χ3v) is 4.26. The highest BCUT2D eigenvalue weighted by atomic mass is 32.1. The zero-order valence-corrected chi connectivity index (χ0v) is 14.1. The summed E-state index contributed by atoms with van der Waals surface area (Å²) in [6.45, 7) is 0. The summed E-state index contributed by atoms with van der Waals surface area (Å²) in [4.78, 5) is 16.5. The highest BCUT2D eigenvalue weighted by Crippen LogP contribution is 2.32. The zero-order valence-electron chi connectivity index (χ0n) is 13.3. The van der Waals surface area contributed by atoms with Crippen molar-refractivity contribution < 1.29 is 14.3 Å². The highest BCUT2D eigenvalue weighted by molar-refractivity contribution is 7.09. The number of ether oxygens (including phenoxy) is 2. The van der Waals surface area contributed by atoms with Crippen molar-refractivity contribution in [3.8, 4) is 17.2 Å². The van der Waals surface area contributed by atoms with E-state index in [4.69, 9.17) is 9.47 Å². The maximum absolute atomic E-state index is 12.3. The van der Waals surface area contributed by atoms with Crippen molar-refractivity contribution in [1.29, 1.82) is 0 Å². The summed E-state index contributed by atoms with van der Waals surface area (Å²) in [5, 5.41) is 2.71. The Morgan fingerprint density at radius 3 is 2.42 bits per heavy atom. The molecule has 0 amide bonds. The van der Waals surface area contributed by atoms with Crippen LogP contribution in [0.3, 0.4) is 0 Å². The average Bonchev–Trinajstić information content (AvgIpc) is 3.10. The molecule has 0 saturated heterocycles. The fourth-order valence-electron chi connectivity index (χ4n) is 2.35. The second kappa shape index (κ2) is 7.75. The van der Waals surface area contributed by atoms with Gasteiger partial charge in [-0.3, -0.25) is 4.79 Å². The van der Waals surface area contributed by atoms with Crippen LogP contribution in [0.25, 0.3) is 0 Å². The third-order valence-electron chi connectivity index (χ3n) is 3.48. The van der Waals surface area contributed by atoms with Gasteiger partial charge in [0.1, 0.15) is 11.5 Å². The van der Waals surface area contributed by atoms with E-state index >= 15 is 0 Å². The number of hydrogen-bond acceptors (Lipinski definition) is 5. The molecular formula is C19H17NO3S. The van der Waals surface area contributed by atoms with E-state index in [0.717, 1.165) is 10.6 Å². The number of para-hydroxylation sites is 3. The van der Waals surface area contributed by atoms with Crippen molar-refractivity contribution in [2.45, 2.75) is 12.8 Å². The van der Waals surface area contributed by atoms with E-state index in [9.17, 15) is 4.79 Å². The highest BCUT2D eigenvalue weighted by Gasteiger charge is 2.13. The molecule has 24 heavy (non-hydrogen) atoms. The number of carbonyl (C=O) groups excluding carboxylic acids is 1. The molecule has 0 aliphatic rings. The van der Waals surface area contributed by atoms with Crippen molar-refractivity contribution in [2.24, 2.45) is 0 Å². The minimum absolute atomic E-state index is 0.112. The third kappa shape index (κ3) is 4.00. The normalized spacial score (nSPS) is 10.4. The van der Waals surface area contributed by atoms with Crippen LogP contribution in [0.2, 0.25) is 0 Å². The van der Waals surface area contributed by atoms with E-state index in [1.165, 1.54) is 11.3 Å². The SMILES string of the molecule is COc1ccccc1Oc1ccccc1CC(=O)Cc1nccs1. The van der Waals surface area contributed by atoms with Gasteiger partial charge in [0, 0.05) is 23.6 Å². The lowest BCUT2D eigenvalue weighted by Crippen LogP contribution is -2.07. The fraction of sp³-hybridized carbons (Fsp3) is 0.158. The molecule has 4 nitrogen and oxygen atoms in total. The molecule has 0 atom stereocenters. The molecule has 3 aromatic rings. The molecule has 0 N–H and O–H groups in total. The second-order valence-electron chi connectivity index (χ2n) is 5.18. The lowest BCUT2D eigenvalue weighted by molar-refractivity contribution is -0.117. The van der Waals surface area contributed by atoms with Crippen LogP contribution in [-0.4, -0.2) is 17.9 Å². The quantitative estimate of drug-likeness (QED) is 0.644. The maximum atomic E-state index is 12.3. The van der Waals surface area contributed by atoms with Crippen LogP contribution in [0.1, 0.15) is 10.6 Å². The Balaban J connectivity index is 1.76. The molecule has 0 fully saturated rings. The van der Waals surface area contributed by atoms with Gasteiger partial charge in [-0.15, -0.1) is 11.3 Å². The average molecular weight is 339 g/mol. The van der Waals surface area contributed by atoms with Crippen LogP contribution in [0.15, 0.2) is 60.1 Å². The Labute approximate surface area is 144 Å². The monoisotopic (exact) mass is 339 g/mol. The van der Waals surface area contributed by atoms with Crippen LogP contribution in [0.5, 0.6) is 17.2 Å². The van der Waals surface area contributed by atoms with E-state index in [2.05, 4.69) is 4.98 Å². The van der Waals surface area contributed by atoms with Gasteiger partial charge in [0.2, 0.25) is 0 Å². The van der Waals surface area contributed by atoms with Gasteiger partial charge in [0.25, 0.3) is 0 Å². The molecule has 1 heterocycles. The van der Waals surface area contributed by atoms with Crippen molar-refractivity contribution in [2.75, 3.05) is 7.11 Å². The predicted molar refractivity (Wildman–Crippen MR) is 94.0 cm³/mol. The maximum Gasteiger partial charge on any atom is 0.169 e. The molecule has 0 radical (unpaired) electrons. The first-order valence-corrected chi connectivity index (χ1v) is 8.43. The Hall–Kier alpha value is -2.66. The second-order valence-corrected chi connectivity index (χ2v) is 6.16. The molecule has 0 saturated carbocycles. The molecule has 122 valence electrons. The Morgan fingerprint density at radius 1 is 1.00 bits per heavy atom. The van der Waals surface area contributed by atoms with Gasteiger partial charge < -0.3 is 9.47 Å². The summed E-state index contributed by atoms with van der Waals surface area (Å²) >= 11 is 1.49. The van der Waals surface area contributed by atoms with Crippen LogP contribution >= 0.6 is 11.3 Å². The summed E-state index contributed by atoms with van der Waals surface area (Å²) in [5.74, 6) is 2.05. The van der Waals surface area contributed by atoms with Gasteiger partial charge in [0.05, 0.1) is 18.5 Å². The largest absolute Gasteiger partial charge is 0.493 e. The summed E-state index contributed by atoms with van der Waals surface area (Å²) < 4.78 is 11.3. The van der Waals surface area contributed by atoms with E-state index in [-0.39, 0.29) is 5.78 Å². The number of methoxy groups -OCH3 is 1. The molecular weight excluding hydrogens is 322 g/mol. The first-order chi connectivity index (χ1) is 11.8. The van der Waals surface area contributed by atoms with Gasteiger partial charge in [-0.1, -0.05) is 30.3 Å².